The Hall–Kier alpha value is -3.89. The van der Waals surface area contributed by atoms with Crippen molar-refractivity contribution in [2.45, 2.75) is 46.2 Å². The van der Waals surface area contributed by atoms with Crippen molar-refractivity contribution in [1.82, 2.24) is 9.97 Å². The van der Waals surface area contributed by atoms with E-state index < -0.39 is 34.6 Å². The van der Waals surface area contributed by atoms with Gasteiger partial charge in [0.25, 0.3) is 0 Å². The van der Waals surface area contributed by atoms with E-state index in [4.69, 9.17) is 19.5 Å². The van der Waals surface area contributed by atoms with E-state index in [9.17, 15) is 0 Å². The van der Waals surface area contributed by atoms with Gasteiger partial charge in [-0.2, -0.15) is 0 Å². The SMILES string of the molecule is [2H]C([2H])([2H])c1c[c-]c(-c2ccccn2)cc1.[2H]C([2H])([2H])c1cnc(-c2[c-]c(C([2H])([2H])[Si](C)(C)C)cc3c2oc2c4ccccc4ccc32)cc1C([2H])([2H])[2H].[Ir]. The molecule has 3 heterocycles. The van der Waals surface area contributed by atoms with Crippen LogP contribution in [0.3, 0.4) is 0 Å². The van der Waals surface area contributed by atoms with Gasteiger partial charge >= 0.3 is 0 Å². The summed E-state index contributed by atoms with van der Waals surface area (Å²) in [6, 6.07) is 31.2. The normalized spacial score (nSPS) is 16.2. The Kier molecular flexibility index (Phi) is 5.96. The van der Waals surface area contributed by atoms with E-state index in [1.807, 2.05) is 74.2 Å². The van der Waals surface area contributed by atoms with Gasteiger partial charge in [0.05, 0.1) is 5.58 Å². The first kappa shape index (κ1) is 20.2. The maximum Gasteiger partial charge on any atom is 0.128 e. The van der Waals surface area contributed by atoms with Crippen LogP contribution >= 0.6 is 0 Å². The summed E-state index contributed by atoms with van der Waals surface area (Å²) >= 11 is 0. The summed E-state index contributed by atoms with van der Waals surface area (Å²) in [4.78, 5) is 8.51. The number of aromatic nitrogens is 2. The third kappa shape index (κ3) is 6.76. The van der Waals surface area contributed by atoms with Gasteiger partial charge in [-0.25, -0.2) is 0 Å². The van der Waals surface area contributed by atoms with Crippen LogP contribution in [0.4, 0.5) is 0 Å². The zero-order valence-electron chi connectivity index (χ0n) is 35.4. The summed E-state index contributed by atoms with van der Waals surface area (Å²) < 4.78 is 93.5. The number of nitrogens with zero attached hydrogens (tertiary/aromatic N) is 2. The molecule has 0 spiro atoms. The molecule has 0 saturated heterocycles. The molecular weight excluding hydrogens is 733 g/mol. The Bertz CT molecular complexity index is 2470. The summed E-state index contributed by atoms with van der Waals surface area (Å²) in [5.41, 5.74) is 3.00. The van der Waals surface area contributed by atoms with Crippen LogP contribution in [0.25, 0.3) is 55.2 Å². The molecule has 0 bridgehead atoms. The van der Waals surface area contributed by atoms with Crippen molar-refractivity contribution < 1.29 is 39.6 Å². The van der Waals surface area contributed by atoms with Crippen LogP contribution in [-0.2, 0) is 26.1 Å². The van der Waals surface area contributed by atoms with Crippen LogP contribution in [0, 0.1) is 32.7 Å². The van der Waals surface area contributed by atoms with Gasteiger partial charge in [-0.1, -0.05) is 97.6 Å². The number of rotatable bonds is 4. The van der Waals surface area contributed by atoms with E-state index in [2.05, 4.69) is 22.1 Å². The topological polar surface area (TPSA) is 38.9 Å². The largest absolute Gasteiger partial charge is 0.500 e. The summed E-state index contributed by atoms with van der Waals surface area (Å²) in [6.45, 7) is -1.64. The molecule has 0 N–H and O–H groups in total. The Labute approximate surface area is 290 Å². The van der Waals surface area contributed by atoms with Crippen LogP contribution < -0.4 is 0 Å². The van der Waals surface area contributed by atoms with Crippen molar-refractivity contribution >= 4 is 40.8 Å². The maximum absolute atomic E-state index is 8.98. The second-order valence-corrected chi connectivity index (χ2v) is 16.0. The minimum Gasteiger partial charge on any atom is -0.500 e. The molecule has 0 amide bonds. The summed E-state index contributed by atoms with van der Waals surface area (Å²) in [5.74, 6) is -1.68. The van der Waals surface area contributed by atoms with Crippen molar-refractivity contribution in [3.05, 3.63) is 132 Å². The van der Waals surface area contributed by atoms with Crippen LogP contribution in [0.2, 0.25) is 19.6 Å². The number of fused-ring (bicyclic) bond motifs is 5. The van der Waals surface area contributed by atoms with Crippen molar-refractivity contribution in [2.24, 2.45) is 0 Å². The van der Waals surface area contributed by atoms with Crippen molar-refractivity contribution in [1.29, 1.82) is 0 Å². The number of hydrogen-bond donors (Lipinski definition) is 0. The van der Waals surface area contributed by atoms with Crippen LogP contribution in [0.1, 0.15) is 37.3 Å². The Morgan fingerprint density at radius 3 is 2.36 bits per heavy atom. The first-order valence-corrected chi connectivity index (χ1v) is 17.3. The maximum atomic E-state index is 8.98. The van der Waals surface area contributed by atoms with E-state index in [-0.39, 0.29) is 36.9 Å². The Morgan fingerprint density at radius 1 is 0.795 bits per heavy atom. The smallest absolute Gasteiger partial charge is 0.128 e. The molecule has 0 saturated carbocycles. The van der Waals surface area contributed by atoms with E-state index in [0.717, 1.165) is 33.6 Å². The fourth-order valence-corrected chi connectivity index (χ4v) is 5.84. The predicted molar refractivity (Wildman–Crippen MR) is 183 cm³/mol. The summed E-state index contributed by atoms with van der Waals surface area (Å²) in [7, 11) is -2.42. The van der Waals surface area contributed by atoms with Gasteiger partial charge in [0.1, 0.15) is 5.58 Å². The number of aryl methyl sites for hydroxylation is 3. The molecule has 4 aromatic carbocycles. The van der Waals surface area contributed by atoms with Crippen LogP contribution in [-0.4, -0.2) is 18.0 Å². The minimum atomic E-state index is -2.70. The fourth-order valence-electron chi connectivity index (χ4n) is 4.90. The van der Waals surface area contributed by atoms with E-state index >= 15 is 0 Å². The van der Waals surface area contributed by atoms with Gasteiger partial charge in [0.15, 0.2) is 0 Å². The third-order valence-electron chi connectivity index (χ3n) is 6.82. The molecule has 1 radical (unpaired) electrons. The average molecular weight is 780 g/mol. The number of benzene rings is 4. The monoisotopic (exact) mass is 780 g/mol. The summed E-state index contributed by atoms with van der Waals surface area (Å²) in [6.07, 6.45) is 2.77. The Balaban J connectivity index is 0.000000286. The molecule has 5 heteroatoms. The zero-order valence-corrected chi connectivity index (χ0v) is 27.8. The van der Waals surface area contributed by atoms with Crippen molar-refractivity contribution in [3.8, 4) is 22.5 Å². The quantitative estimate of drug-likeness (QED) is 0.132. The van der Waals surface area contributed by atoms with Gasteiger partial charge in [0, 0.05) is 66.4 Å². The van der Waals surface area contributed by atoms with Crippen molar-refractivity contribution in [3.63, 3.8) is 0 Å². The van der Waals surface area contributed by atoms with Crippen molar-refractivity contribution in [2.75, 3.05) is 0 Å². The van der Waals surface area contributed by atoms with Gasteiger partial charge < -0.3 is 14.4 Å². The van der Waals surface area contributed by atoms with E-state index in [1.54, 1.807) is 24.4 Å². The molecule has 3 nitrogen and oxygen atoms in total. The van der Waals surface area contributed by atoms with Gasteiger partial charge in [-0.3, -0.25) is 0 Å². The molecule has 0 aliphatic heterocycles. The average Bonchev–Trinajstić information content (AvgIpc) is 3.49. The number of hydrogen-bond acceptors (Lipinski definition) is 3. The molecular formula is C39H36IrN2OSi-2. The second kappa shape index (κ2) is 13.0. The molecule has 0 atom stereocenters. The zero-order chi connectivity index (χ0) is 39.4. The number of pyridine rings is 2. The standard InChI is InChI=1S/C27H26NOSi.C12H10N.Ir/c1-17-12-25(28-15-18(17)2)24-14-19(16-30(3,4)5)13-23-22-11-10-20-8-6-7-9-21(20)26(22)29-27(23)24;1-10-5-7-11(8-6-10)12-4-2-3-9-13-12;/h6-13,15H,16H2,1-5H3;2-7,9H,1H3;/q2*-1;/i1D3,2D3,16D2;1D3;. The predicted octanol–water partition coefficient (Wildman–Crippen LogP) is 10.5. The molecule has 3 aromatic heterocycles. The molecule has 7 rings (SSSR count). The molecule has 0 unspecified atom stereocenters. The molecule has 223 valence electrons. The fraction of sp³-hybridized carbons (Fsp3) is 0.179. The van der Waals surface area contributed by atoms with Gasteiger partial charge in [0.2, 0.25) is 0 Å². The number of furan rings is 1. The summed E-state index contributed by atoms with van der Waals surface area (Å²) in [5, 5.41) is 3.31. The first-order valence-electron chi connectivity index (χ1n) is 19.3. The molecule has 0 aliphatic rings. The van der Waals surface area contributed by atoms with Gasteiger partial charge in [-0.15, -0.1) is 53.1 Å². The van der Waals surface area contributed by atoms with Crippen LogP contribution in [0.15, 0.2) is 102 Å². The molecule has 0 aliphatic carbocycles. The van der Waals surface area contributed by atoms with E-state index in [1.165, 1.54) is 12.1 Å². The Morgan fingerprint density at radius 2 is 1.64 bits per heavy atom. The first-order chi connectivity index (χ1) is 25.1. The second-order valence-electron chi connectivity index (χ2n) is 11.3. The third-order valence-corrected chi connectivity index (χ3v) is 7.84. The molecule has 0 fully saturated rings. The van der Waals surface area contributed by atoms with Gasteiger partial charge in [-0.05, 0) is 48.1 Å². The molecule has 7 aromatic rings. The van der Waals surface area contributed by atoms with E-state index in [0.29, 0.717) is 33.2 Å². The van der Waals surface area contributed by atoms with Crippen LogP contribution in [0.5, 0.6) is 0 Å². The minimum absolute atomic E-state index is 0. The molecule has 44 heavy (non-hydrogen) atoms.